The first-order chi connectivity index (χ1) is 7.59. The van der Waals surface area contributed by atoms with E-state index in [9.17, 15) is 5.11 Å². The number of ether oxygens (including phenoxy) is 1. The minimum absolute atomic E-state index is 0.567. The van der Waals surface area contributed by atoms with E-state index in [1.165, 1.54) is 11.3 Å². The molecule has 0 radical (unpaired) electrons. The van der Waals surface area contributed by atoms with Crippen LogP contribution in [0.5, 0.6) is 0 Å². The van der Waals surface area contributed by atoms with E-state index in [2.05, 4.69) is 26.1 Å². The number of aromatic nitrogens is 2. The zero-order valence-electron chi connectivity index (χ0n) is 9.02. The van der Waals surface area contributed by atoms with Crippen molar-refractivity contribution in [3.05, 3.63) is 3.92 Å². The van der Waals surface area contributed by atoms with Crippen LogP contribution < -0.4 is 4.90 Å². The topological polar surface area (TPSA) is 58.5 Å². The molecule has 5 nitrogen and oxygen atoms in total. The Labute approximate surface area is 107 Å². The third-order valence-electron chi connectivity index (χ3n) is 2.67. The van der Waals surface area contributed by atoms with Crippen LogP contribution in [0.4, 0.5) is 5.13 Å². The maximum Gasteiger partial charge on any atom is 0.208 e. The Morgan fingerprint density at radius 2 is 2.19 bits per heavy atom. The fraction of sp³-hybridized carbons (Fsp3) is 0.778. The number of halogens is 1. The first-order valence-corrected chi connectivity index (χ1v) is 6.70. The molecule has 0 spiro atoms. The molecule has 16 heavy (non-hydrogen) atoms. The van der Waals surface area contributed by atoms with Crippen LogP contribution >= 0.6 is 27.3 Å². The highest BCUT2D eigenvalue weighted by Crippen LogP contribution is 2.27. The number of nitrogens with zero attached hydrogens (tertiary/aromatic N) is 3. The summed E-state index contributed by atoms with van der Waals surface area (Å²) in [5.41, 5.74) is -0.662. The van der Waals surface area contributed by atoms with Crippen LogP contribution in [0.1, 0.15) is 12.8 Å². The largest absolute Gasteiger partial charge is 0.388 e. The van der Waals surface area contributed by atoms with E-state index in [-0.39, 0.29) is 0 Å². The van der Waals surface area contributed by atoms with E-state index in [1.54, 1.807) is 0 Å². The van der Waals surface area contributed by atoms with Gasteiger partial charge in [0, 0.05) is 39.6 Å². The van der Waals surface area contributed by atoms with Gasteiger partial charge in [-0.2, -0.15) is 0 Å². The van der Waals surface area contributed by atoms with Crippen molar-refractivity contribution in [2.75, 3.05) is 31.7 Å². The molecule has 1 aromatic heterocycles. The predicted octanol–water partition coefficient (Wildman–Crippen LogP) is 1.28. The second-order valence-corrected chi connectivity index (χ2v) is 6.26. The normalized spacial score (nSPS) is 19.7. The van der Waals surface area contributed by atoms with Gasteiger partial charge in [0.15, 0.2) is 3.92 Å². The molecular formula is C9H14BrN3O2S. The number of rotatable bonds is 3. The van der Waals surface area contributed by atoms with Crippen molar-refractivity contribution in [3.63, 3.8) is 0 Å². The molecule has 0 saturated carbocycles. The van der Waals surface area contributed by atoms with Crippen LogP contribution in [0.2, 0.25) is 0 Å². The SMILES string of the molecule is CN(CC1(O)CCOCC1)c1nnc(Br)s1. The number of likely N-dealkylation sites (N-methyl/N-ethyl adjacent to an activating group) is 1. The summed E-state index contributed by atoms with van der Waals surface area (Å²) in [7, 11) is 1.92. The highest BCUT2D eigenvalue weighted by atomic mass is 79.9. The van der Waals surface area contributed by atoms with Crippen molar-refractivity contribution < 1.29 is 9.84 Å². The lowest BCUT2D eigenvalue weighted by atomic mass is 9.94. The summed E-state index contributed by atoms with van der Waals surface area (Å²) in [5, 5.41) is 19.1. The molecular weight excluding hydrogens is 294 g/mol. The zero-order valence-corrected chi connectivity index (χ0v) is 11.4. The average molecular weight is 308 g/mol. The molecule has 7 heteroatoms. The van der Waals surface area contributed by atoms with Crippen molar-refractivity contribution in [2.45, 2.75) is 18.4 Å². The summed E-state index contributed by atoms with van der Waals surface area (Å²) in [5.74, 6) is 0. The molecule has 1 fully saturated rings. The van der Waals surface area contributed by atoms with E-state index >= 15 is 0 Å². The minimum atomic E-state index is -0.662. The second-order valence-electron chi connectivity index (χ2n) is 4.03. The van der Waals surface area contributed by atoms with Gasteiger partial charge in [0.1, 0.15) is 0 Å². The fourth-order valence-corrected chi connectivity index (χ4v) is 2.82. The molecule has 0 aromatic carbocycles. The van der Waals surface area contributed by atoms with E-state index in [1.807, 2.05) is 11.9 Å². The van der Waals surface area contributed by atoms with Crippen molar-refractivity contribution >= 4 is 32.4 Å². The van der Waals surface area contributed by atoms with Crippen molar-refractivity contribution in [2.24, 2.45) is 0 Å². The Morgan fingerprint density at radius 3 is 2.75 bits per heavy atom. The van der Waals surface area contributed by atoms with Crippen LogP contribution in [0, 0.1) is 0 Å². The fourth-order valence-electron chi connectivity index (χ4n) is 1.77. The number of anilines is 1. The molecule has 2 rings (SSSR count). The van der Waals surface area contributed by atoms with Crippen LogP contribution in [-0.4, -0.2) is 47.7 Å². The van der Waals surface area contributed by atoms with Crippen molar-refractivity contribution in [1.82, 2.24) is 10.2 Å². The van der Waals surface area contributed by atoms with Gasteiger partial charge in [-0.25, -0.2) is 0 Å². The summed E-state index contributed by atoms with van der Waals surface area (Å²) in [6, 6.07) is 0. The van der Waals surface area contributed by atoms with Gasteiger partial charge in [0.2, 0.25) is 5.13 Å². The number of hydrogen-bond donors (Lipinski definition) is 1. The van der Waals surface area contributed by atoms with E-state index in [4.69, 9.17) is 4.74 Å². The predicted molar refractivity (Wildman–Crippen MR) is 65.9 cm³/mol. The average Bonchev–Trinajstić information content (AvgIpc) is 2.65. The van der Waals surface area contributed by atoms with Gasteiger partial charge in [-0.1, -0.05) is 11.3 Å². The molecule has 90 valence electrons. The Balaban J connectivity index is 1.98. The maximum absolute atomic E-state index is 10.3. The molecule has 0 aliphatic carbocycles. The van der Waals surface area contributed by atoms with Gasteiger partial charge in [0.05, 0.1) is 5.60 Å². The first-order valence-electron chi connectivity index (χ1n) is 5.09. The summed E-state index contributed by atoms with van der Waals surface area (Å²) in [6.07, 6.45) is 1.36. The Bertz CT molecular complexity index is 354. The lowest BCUT2D eigenvalue weighted by Crippen LogP contribution is -2.45. The molecule has 1 N–H and O–H groups in total. The molecule has 0 unspecified atom stereocenters. The minimum Gasteiger partial charge on any atom is -0.388 e. The van der Waals surface area contributed by atoms with E-state index in [0.29, 0.717) is 32.6 Å². The Hall–Kier alpha value is -0.240. The van der Waals surface area contributed by atoms with Crippen LogP contribution in [0.25, 0.3) is 0 Å². The molecule has 1 saturated heterocycles. The summed E-state index contributed by atoms with van der Waals surface area (Å²) in [6.45, 7) is 1.83. The summed E-state index contributed by atoms with van der Waals surface area (Å²) < 4.78 is 6.00. The van der Waals surface area contributed by atoms with Gasteiger partial charge in [0.25, 0.3) is 0 Å². The number of aliphatic hydroxyl groups is 1. The molecule has 1 aliphatic rings. The highest BCUT2D eigenvalue weighted by molar-refractivity contribution is 9.11. The molecule has 0 amide bonds. The van der Waals surface area contributed by atoms with Gasteiger partial charge in [-0.05, 0) is 15.9 Å². The third-order valence-corrected chi connectivity index (χ3v) is 4.14. The van der Waals surface area contributed by atoms with E-state index in [0.717, 1.165) is 9.05 Å². The third kappa shape index (κ3) is 2.91. The lowest BCUT2D eigenvalue weighted by Gasteiger charge is -2.35. The zero-order chi connectivity index (χ0) is 11.6. The Morgan fingerprint density at radius 1 is 1.50 bits per heavy atom. The monoisotopic (exact) mass is 307 g/mol. The van der Waals surface area contributed by atoms with Gasteiger partial charge in [-0.3, -0.25) is 0 Å². The van der Waals surface area contributed by atoms with Gasteiger partial charge >= 0.3 is 0 Å². The number of hydrogen-bond acceptors (Lipinski definition) is 6. The summed E-state index contributed by atoms with van der Waals surface area (Å²) in [4.78, 5) is 1.94. The Kier molecular flexibility index (Phi) is 3.78. The molecule has 1 aliphatic heterocycles. The van der Waals surface area contributed by atoms with Crippen LogP contribution in [-0.2, 0) is 4.74 Å². The van der Waals surface area contributed by atoms with E-state index < -0.39 is 5.60 Å². The van der Waals surface area contributed by atoms with Gasteiger partial charge in [-0.15, -0.1) is 10.2 Å². The highest BCUT2D eigenvalue weighted by Gasteiger charge is 2.31. The summed E-state index contributed by atoms with van der Waals surface area (Å²) >= 11 is 4.74. The molecule has 0 atom stereocenters. The molecule has 2 heterocycles. The first kappa shape index (κ1) is 12.2. The van der Waals surface area contributed by atoms with Gasteiger partial charge < -0.3 is 14.7 Å². The quantitative estimate of drug-likeness (QED) is 0.911. The second kappa shape index (κ2) is 4.95. The standard InChI is InChI=1S/C9H14BrN3O2S/c1-13(8-12-11-7(10)16-8)6-9(14)2-4-15-5-3-9/h14H,2-6H2,1H3. The van der Waals surface area contributed by atoms with Crippen molar-refractivity contribution in [3.8, 4) is 0 Å². The van der Waals surface area contributed by atoms with Crippen LogP contribution in [0.3, 0.4) is 0 Å². The molecule has 1 aromatic rings. The molecule has 0 bridgehead atoms. The lowest BCUT2D eigenvalue weighted by molar-refractivity contribution is -0.0572. The smallest absolute Gasteiger partial charge is 0.208 e. The van der Waals surface area contributed by atoms with Crippen molar-refractivity contribution in [1.29, 1.82) is 0 Å². The van der Waals surface area contributed by atoms with Crippen LogP contribution in [0.15, 0.2) is 3.92 Å². The maximum atomic E-state index is 10.3.